The van der Waals surface area contributed by atoms with Gasteiger partial charge in [-0.05, 0) is 38.0 Å². The van der Waals surface area contributed by atoms with Crippen LogP contribution in [-0.4, -0.2) is 28.1 Å². The molecule has 2 atom stereocenters. The highest BCUT2D eigenvalue weighted by molar-refractivity contribution is 6.03. The van der Waals surface area contributed by atoms with Gasteiger partial charge in [0, 0.05) is 6.42 Å². The SMILES string of the molecule is O=C(O)ON1C(=O)CC(C2CC/C=C/CCC2)C1=O. The van der Waals surface area contributed by atoms with Crippen LogP contribution >= 0.6 is 0 Å². The summed E-state index contributed by atoms with van der Waals surface area (Å²) in [5.41, 5.74) is 0. The van der Waals surface area contributed by atoms with Crippen molar-refractivity contribution < 1.29 is 24.3 Å². The number of allylic oxidation sites excluding steroid dienone is 2. The Morgan fingerprint density at radius 1 is 1.26 bits per heavy atom. The number of carbonyl (C=O) groups is 3. The lowest BCUT2D eigenvalue weighted by molar-refractivity contribution is -0.177. The van der Waals surface area contributed by atoms with E-state index in [2.05, 4.69) is 17.0 Å². The Morgan fingerprint density at radius 2 is 2.00 bits per heavy atom. The van der Waals surface area contributed by atoms with Crippen LogP contribution in [-0.2, 0) is 14.4 Å². The third kappa shape index (κ3) is 3.13. The van der Waals surface area contributed by atoms with Gasteiger partial charge >= 0.3 is 6.16 Å². The molecule has 0 radical (unpaired) electrons. The van der Waals surface area contributed by atoms with Crippen molar-refractivity contribution in [2.45, 2.75) is 38.5 Å². The van der Waals surface area contributed by atoms with Crippen LogP contribution in [0, 0.1) is 11.8 Å². The maximum Gasteiger partial charge on any atom is 0.531 e. The molecule has 2 rings (SSSR count). The van der Waals surface area contributed by atoms with Gasteiger partial charge in [-0.25, -0.2) is 4.79 Å². The number of hydrogen-bond donors (Lipinski definition) is 1. The quantitative estimate of drug-likeness (QED) is 0.612. The summed E-state index contributed by atoms with van der Waals surface area (Å²) < 4.78 is 0. The molecule has 6 nitrogen and oxygen atoms in total. The zero-order valence-electron chi connectivity index (χ0n) is 10.6. The number of hydrogen-bond acceptors (Lipinski definition) is 4. The highest BCUT2D eigenvalue weighted by atomic mass is 16.8. The van der Waals surface area contributed by atoms with Gasteiger partial charge in [0.25, 0.3) is 11.8 Å². The predicted molar refractivity (Wildman–Crippen MR) is 64.8 cm³/mol. The summed E-state index contributed by atoms with van der Waals surface area (Å²) in [5.74, 6) is -1.38. The summed E-state index contributed by atoms with van der Waals surface area (Å²) in [6.07, 6.45) is 7.25. The van der Waals surface area contributed by atoms with Crippen molar-refractivity contribution in [1.29, 1.82) is 0 Å². The Balaban J connectivity index is 2.04. The zero-order valence-corrected chi connectivity index (χ0v) is 10.6. The standard InChI is InChI=1S/C13H17NO5/c15-11-8-10(12(16)14(11)19-13(17)18)9-6-4-2-1-3-5-7-9/h1-2,9-10H,3-8H2,(H,17,18)/b2-1+. The van der Waals surface area contributed by atoms with Crippen LogP contribution in [0.25, 0.3) is 0 Å². The number of carbonyl (C=O) groups excluding carboxylic acids is 2. The molecule has 1 aliphatic carbocycles. The summed E-state index contributed by atoms with van der Waals surface area (Å²) in [5, 5.41) is 8.92. The molecule has 1 N–H and O–H groups in total. The van der Waals surface area contributed by atoms with Gasteiger partial charge < -0.3 is 5.11 Å². The van der Waals surface area contributed by atoms with Crippen molar-refractivity contribution in [2.24, 2.45) is 11.8 Å². The summed E-state index contributed by atoms with van der Waals surface area (Å²) in [7, 11) is 0. The van der Waals surface area contributed by atoms with Gasteiger partial charge in [0.15, 0.2) is 0 Å². The van der Waals surface area contributed by atoms with Crippen LogP contribution in [0.1, 0.15) is 38.5 Å². The van der Waals surface area contributed by atoms with E-state index in [0.29, 0.717) is 5.06 Å². The number of imide groups is 1. The Hall–Kier alpha value is -1.85. The average molecular weight is 267 g/mol. The van der Waals surface area contributed by atoms with Crippen LogP contribution in [0.5, 0.6) is 0 Å². The normalized spacial score (nSPS) is 29.8. The van der Waals surface area contributed by atoms with Crippen molar-refractivity contribution >= 4 is 18.0 Å². The fourth-order valence-electron chi connectivity index (χ4n) is 2.76. The van der Waals surface area contributed by atoms with E-state index >= 15 is 0 Å². The second-order valence-corrected chi connectivity index (χ2v) is 4.93. The largest absolute Gasteiger partial charge is 0.531 e. The van der Waals surface area contributed by atoms with E-state index in [1.807, 2.05) is 0 Å². The van der Waals surface area contributed by atoms with E-state index in [1.54, 1.807) is 0 Å². The molecule has 2 amide bonds. The maximum atomic E-state index is 12.0. The second kappa shape index (κ2) is 5.86. The van der Waals surface area contributed by atoms with Gasteiger partial charge in [-0.2, -0.15) is 0 Å². The molecule has 19 heavy (non-hydrogen) atoms. The Morgan fingerprint density at radius 3 is 2.74 bits per heavy atom. The van der Waals surface area contributed by atoms with Gasteiger partial charge in [-0.3, -0.25) is 14.4 Å². The molecule has 2 aliphatic rings. The fourth-order valence-corrected chi connectivity index (χ4v) is 2.76. The molecule has 0 aromatic carbocycles. The van der Waals surface area contributed by atoms with Crippen LogP contribution in [0.2, 0.25) is 0 Å². The van der Waals surface area contributed by atoms with E-state index in [9.17, 15) is 14.4 Å². The fraction of sp³-hybridized carbons (Fsp3) is 0.615. The first-order valence-electron chi connectivity index (χ1n) is 6.52. The topological polar surface area (TPSA) is 83.9 Å². The molecule has 6 heteroatoms. The van der Waals surface area contributed by atoms with Crippen molar-refractivity contribution in [3.63, 3.8) is 0 Å². The Bertz CT molecular complexity index is 417. The molecule has 0 saturated carbocycles. The molecule has 1 aliphatic heterocycles. The molecule has 1 heterocycles. The van der Waals surface area contributed by atoms with E-state index in [1.165, 1.54) is 0 Å². The monoisotopic (exact) mass is 267 g/mol. The average Bonchev–Trinajstić information content (AvgIpc) is 2.56. The minimum absolute atomic E-state index is 0.0560. The molecule has 1 saturated heterocycles. The minimum atomic E-state index is -1.64. The third-order valence-electron chi connectivity index (χ3n) is 3.69. The lowest BCUT2D eigenvalue weighted by Crippen LogP contribution is -2.34. The van der Waals surface area contributed by atoms with Gasteiger partial charge in [-0.15, -0.1) is 0 Å². The summed E-state index contributed by atoms with van der Waals surface area (Å²) >= 11 is 0. The van der Waals surface area contributed by atoms with Gasteiger partial charge in [0.05, 0.1) is 5.92 Å². The van der Waals surface area contributed by atoms with E-state index in [-0.39, 0.29) is 12.3 Å². The van der Waals surface area contributed by atoms with Crippen molar-refractivity contribution in [2.75, 3.05) is 0 Å². The number of amides is 2. The molecular weight excluding hydrogens is 250 g/mol. The molecule has 104 valence electrons. The van der Waals surface area contributed by atoms with Crippen molar-refractivity contribution in [1.82, 2.24) is 5.06 Å². The van der Waals surface area contributed by atoms with Crippen molar-refractivity contribution in [3.8, 4) is 0 Å². The molecule has 0 bridgehead atoms. The van der Waals surface area contributed by atoms with E-state index < -0.39 is 23.9 Å². The van der Waals surface area contributed by atoms with Crippen LogP contribution < -0.4 is 0 Å². The zero-order chi connectivity index (χ0) is 13.8. The summed E-state index contributed by atoms with van der Waals surface area (Å²) in [4.78, 5) is 38.4. The number of carboxylic acid groups (broad SMARTS) is 1. The lowest BCUT2D eigenvalue weighted by atomic mass is 9.82. The maximum absolute atomic E-state index is 12.0. The summed E-state index contributed by atoms with van der Waals surface area (Å²) in [6.45, 7) is 0. The van der Waals surface area contributed by atoms with Gasteiger partial charge in [-0.1, -0.05) is 17.2 Å². The molecule has 0 aromatic rings. The summed E-state index contributed by atoms with van der Waals surface area (Å²) in [6, 6.07) is 0. The molecule has 0 aromatic heterocycles. The Kier molecular flexibility index (Phi) is 4.19. The smallest absolute Gasteiger partial charge is 0.448 e. The van der Waals surface area contributed by atoms with Crippen LogP contribution in [0.15, 0.2) is 12.2 Å². The van der Waals surface area contributed by atoms with Gasteiger partial charge in [0.2, 0.25) is 0 Å². The third-order valence-corrected chi connectivity index (χ3v) is 3.69. The first-order valence-corrected chi connectivity index (χ1v) is 6.52. The number of nitrogens with zero attached hydrogens (tertiary/aromatic N) is 1. The van der Waals surface area contributed by atoms with Crippen LogP contribution in [0.4, 0.5) is 4.79 Å². The van der Waals surface area contributed by atoms with Gasteiger partial charge in [0.1, 0.15) is 0 Å². The highest BCUT2D eigenvalue weighted by Gasteiger charge is 2.45. The van der Waals surface area contributed by atoms with E-state index in [0.717, 1.165) is 32.1 Å². The van der Waals surface area contributed by atoms with E-state index in [4.69, 9.17) is 5.11 Å². The first kappa shape index (κ1) is 13.6. The number of hydroxylamine groups is 2. The Labute approximate surface area is 111 Å². The molecule has 2 unspecified atom stereocenters. The highest BCUT2D eigenvalue weighted by Crippen LogP contribution is 2.34. The lowest BCUT2D eigenvalue weighted by Gasteiger charge is -2.22. The van der Waals surface area contributed by atoms with Crippen LogP contribution in [0.3, 0.4) is 0 Å². The minimum Gasteiger partial charge on any atom is -0.448 e. The first-order chi connectivity index (χ1) is 9.09. The molecule has 1 fully saturated rings. The number of rotatable bonds is 2. The predicted octanol–water partition coefficient (Wildman–Crippen LogP) is 2.11. The molecule has 0 spiro atoms. The molecular formula is C13H17NO5. The van der Waals surface area contributed by atoms with Crippen molar-refractivity contribution in [3.05, 3.63) is 12.2 Å². The second-order valence-electron chi connectivity index (χ2n) is 4.93.